The zero-order valence-electron chi connectivity index (χ0n) is 17.6. The van der Waals surface area contributed by atoms with Gasteiger partial charge in [-0.1, -0.05) is 36.4 Å². The molecule has 0 heterocycles. The van der Waals surface area contributed by atoms with Crippen LogP contribution in [0, 0.1) is 11.3 Å². The summed E-state index contributed by atoms with van der Waals surface area (Å²) in [6, 6.07) is 22.8. The van der Waals surface area contributed by atoms with E-state index < -0.39 is 36.0 Å². The topological polar surface area (TPSA) is 143 Å². The number of carboxylic acid groups (broad SMARTS) is 1. The molecular formula is C25H18N2O7. The maximum Gasteiger partial charge on any atom is 0.349 e. The monoisotopic (exact) mass is 458 g/mol. The average molecular weight is 458 g/mol. The van der Waals surface area contributed by atoms with Crippen LogP contribution in [-0.2, 0) is 19.1 Å². The highest BCUT2D eigenvalue weighted by molar-refractivity contribution is 6.01. The number of amides is 1. The van der Waals surface area contributed by atoms with Crippen molar-refractivity contribution in [1.82, 2.24) is 0 Å². The Morgan fingerprint density at radius 3 is 1.65 bits per heavy atom. The van der Waals surface area contributed by atoms with Gasteiger partial charge in [0.15, 0.2) is 0 Å². The normalized spacial score (nSPS) is 11.9. The number of ether oxygens (including phenoxy) is 2. The van der Waals surface area contributed by atoms with E-state index in [0.717, 1.165) is 0 Å². The van der Waals surface area contributed by atoms with Crippen LogP contribution in [0.15, 0.2) is 84.9 Å². The van der Waals surface area contributed by atoms with Crippen LogP contribution < -0.4 is 5.32 Å². The first kappa shape index (κ1) is 23.7. The highest BCUT2D eigenvalue weighted by Gasteiger charge is 2.41. The van der Waals surface area contributed by atoms with Crippen LogP contribution in [0.4, 0.5) is 5.69 Å². The maximum absolute atomic E-state index is 13.0. The number of nitrogens with one attached hydrogen (secondary N) is 1. The van der Waals surface area contributed by atoms with Crippen LogP contribution in [0.5, 0.6) is 0 Å². The zero-order chi connectivity index (χ0) is 24.5. The second-order valence-corrected chi connectivity index (χ2v) is 6.90. The number of aliphatic carboxylic acids is 1. The lowest BCUT2D eigenvalue weighted by Gasteiger charge is -2.23. The van der Waals surface area contributed by atoms with Gasteiger partial charge in [0.05, 0.1) is 22.8 Å². The standard InChI is InChI=1S/C25H18N2O7/c26-15-16-11-13-19(14-12-16)27-22(28)20(33-24(31)17-7-3-1-4-8-17)21(23(29)30)34-25(32)18-9-5-2-6-10-18/h1-14,20-21H,(H,27,28)(H,29,30)/t20-,21-/m0/s1. The summed E-state index contributed by atoms with van der Waals surface area (Å²) < 4.78 is 10.3. The molecule has 0 radical (unpaired) electrons. The van der Waals surface area contributed by atoms with Crippen molar-refractivity contribution in [3.05, 3.63) is 102 Å². The van der Waals surface area contributed by atoms with E-state index in [9.17, 15) is 24.3 Å². The fraction of sp³-hybridized carbons (Fsp3) is 0.0800. The Morgan fingerprint density at radius 1 is 0.735 bits per heavy atom. The number of anilines is 1. The Morgan fingerprint density at radius 2 is 1.21 bits per heavy atom. The van der Waals surface area contributed by atoms with Crippen molar-refractivity contribution in [3.63, 3.8) is 0 Å². The molecule has 3 aromatic rings. The van der Waals surface area contributed by atoms with E-state index in [4.69, 9.17) is 14.7 Å². The van der Waals surface area contributed by atoms with Crippen molar-refractivity contribution >= 4 is 29.5 Å². The molecule has 170 valence electrons. The summed E-state index contributed by atoms with van der Waals surface area (Å²) in [6.45, 7) is 0. The number of carboxylic acids is 1. The lowest BCUT2D eigenvalue weighted by atomic mass is 10.1. The van der Waals surface area contributed by atoms with Gasteiger partial charge in [-0.25, -0.2) is 14.4 Å². The molecular weight excluding hydrogens is 440 g/mol. The molecule has 3 aromatic carbocycles. The summed E-state index contributed by atoms with van der Waals surface area (Å²) in [4.78, 5) is 50.1. The van der Waals surface area contributed by atoms with E-state index in [1.54, 1.807) is 36.4 Å². The van der Waals surface area contributed by atoms with Gasteiger partial charge < -0.3 is 19.9 Å². The molecule has 0 unspecified atom stereocenters. The Kier molecular flexibility index (Phi) is 7.71. The van der Waals surface area contributed by atoms with Crippen molar-refractivity contribution in [3.8, 4) is 6.07 Å². The van der Waals surface area contributed by atoms with Crippen LogP contribution in [-0.4, -0.2) is 41.1 Å². The predicted molar refractivity (Wildman–Crippen MR) is 119 cm³/mol. The fourth-order valence-corrected chi connectivity index (χ4v) is 2.85. The molecule has 0 aromatic heterocycles. The van der Waals surface area contributed by atoms with Gasteiger partial charge in [-0.05, 0) is 48.5 Å². The van der Waals surface area contributed by atoms with E-state index in [2.05, 4.69) is 5.32 Å². The third kappa shape index (κ3) is 6.05. The Bertz CT molecular complexity index is 1220. The number of esters is 2. The van der Waals surface area contributed by atoms with Gasteiger partial charge >= 0.3 is 17.9 Å². The molecule has 0 bridgehead atoms. The molecule has 9 heteroatoms. The smallest absolute Gasteiger partial charge is 0.349 e. The van der Waals surface area contributed by atoms with Crippen molar-refractivity contribution in [2.24, 2.45) is 0 Å². The second-order valence-electron chi connectivity index (χ2n) is 6.90. The predicted octanol–water partition coefficient (Wildman–Crippen LogP) is 3.03. The van der Waals surface area contributed by atoms with Gasteiger partial charge in [0.2, 0.25) is 12.2 Å². The molecule has 0 fully saturated rings. The third-order valence-corrected chi connectivity index (χ3v) is 4.55. The number of carbonyl (C=O) groups is 4. The summed E-state index contributed by atoms with van der Waals surface area (Å²) in [7, 11) is 0. The molecule has 0 saturated carbocycles. The first-order valence-electron chi connectivity index (χ1n) is 9.95. The first-order chi connectivity index (χ1) is 16.4. The first-order valence-corrected chi connectivity index (χ1v) is 9.95. The van der Waals surface area contributed by atoms with Gasteiger partial charge in [-0.2, -0.15) is 5.26 Å². The molecule has 0 aliphatic heterocycles. The number of nitrogens with zero attached hydrogens (tertiary/aromatic N) is 1. The van der Waals surface area contributed by atoms with Crippen LogP contribution in [0.1, 0.15) is 26.3 Å². The summed E-state index contributed by atoms with van der Waals surface area (Å²) in [6.07, 6.45) is -4.16. The highest BCUT2D eigenvalue weighted by Crippen LogP contribution is 2.16. The van der Waals surface area contributed by atoms with Crippen molar-refractivity contribution in [2.75, 3.05) is 5.32 Å². The fourth-order valence-electron chi connectivity index (χ4n) is 2.85. The van der Waals surface area contributed by atoms with Crippen molar-refractivity contribution in [2.45, 2.75) is 12.2 Å². The molecule has 0 aliphatic carbocycles. The minimum atomic E-state index is -2.14. The van der Waals surface area contributed by atoms with Gasteiger partial charge in [0, 0.05) is 5.69 Å². The number of benzene rings is 3. The molecule has 0 spiro atoms. The summed E-state index contributed by atoms with van der Waals surface area (Å²) in [5.74, 6) is -4.73. The van der Waals surface area contributed by atoms with Gasteiger partial charge in [0.1, 0.15) is 0 Å². The Labute approximate surface area is 194 Å². The van der Waals surface area contributed by atoms with E-state index >= 15 is 0 Å². The van der Waals surface area contributed by atoms with E-state index in [1.807, 2.05) is 6.07 Å². The molecule has 2 N–H and O–H groups in total. The number of nitriles is 1. The molecule has 9 nitrogen and oxygen atoms in total. The van der Waals surface area contributed by atoms with Gasteiger partial charge in [0.25, 0.3) is 5.91 Å². The Balaban J connectivity index is 1.89. The number of hydrogen-bond acceptors (Lipinski definition) is 7. The summed E-state index contributed by atoms with van der Waals surface area (Å²) >= 11 is 0. The Hall–Kier alpha value is -4.97. The van der Waals surface area contributed by atoms with Crippen LogP contribution in [0.3, 0.4) is 0 Å². The molecule has 2 atom stereocenters. The van der Waals surface area contributed by atoms with Gasteiger partial charge in [-0.15, -0.1) is 0 Å². The van der Waals surface area contributed by atoms with Gasteiger partial charge in [-0.3, -0.25) is 4.79 Å². The minimum Gasteiger partial charge on any atom is -0.478 e. The highest BCUT2D eigenvalue weighted by atomic mass is 16.6. The van der Waals surface area contributed by atoms with Crippen LogP contribution in [0.2, 0.25) is 0 Å². The average Bonchev–Trinajstić information content (AvgIpc) is 2.87. The largest absolute Gasteiger partial charge is 0.478 e. The minimum absolute atomic E-state index is 0.0504. The van der Waals surface area contributed by atoms with E-state index in [1.165, 1.54) is 48.5 Å². The summed E-state index contributed by atoms with van der Waals surface area (Å²) in [5, 5.41) is 21.0. The molecule has 0 saturated heterocycles. The zero-order valence-corrected chi connectivity index (χ0v) is 17.6. The second kappa shape index (κ2) is 11.1. The van der Waals surface area contributed by atoms with Crippen molar-refractivity contribution < 1.29 is 33.8 Å². The lowest BCUT2D eigenvalue weighted by Crippen LogP contribution is -2.48. The van der Waals surface area contributed by atoms with Crippen LogP contribution in [0.25, 0.3) is 0 Å². The van der Waals surface area contributed by atoms with Crippen molar-refractivity contribution in [1.29, 1.82) is 5.26 Å². The summed E-state index contributed by atoms with van der Waals surface area (Å²) in [5.41, 5.74) is 0.667. The SMILES string of the molecule is N#Cc1ccc(NC(=O)[C@@H](OC(=O)c2ccccc2)[C@H](OC(=O)c2ccccc2)C(=O)O)cc1. The van der Waals surface area contributed by atoms with E-state index in [-0.39, 0.29) is 16.8 Å². The quantitative estimate of drug-likeness (QED) is 0.491. The third-order valence-electron chi connectivity index (χ3n) is 4.55. The van der Waals surface area contributed by atoms with E-state index in [0.29, 0.717) is 5.56 Å². The van der Waals surface area contributed by atoms with Crippen LogP contribution >= 0.6 is 0 Å². The maximum atomic E-state index is 13.0. The molecule has 3 rings (SSSR count). The molecule has 1 amide bonds. The lowest BCUT2D eigenvalue weighted by molar-refractivity contribution is -0.157. The number of rotatable bonds is 8. The number of carbonyl (C=O) groups excluding carboxylic acids is 3. The molecule has 0 aliphatic rings. The molecule has 34 heavy (non-hydrogen) atoms. The number of hydrogen-bond donors (Lipinski definition) is 2.